The zero-order chi connectivity index (χ0) is 14.3. The van der Waals surface area contributed by atoms with Crippen molar-refractivity contribution >= 4 is 5.91 Å². The molecule has 1 spiro atoms. The van der Waals surface area contributed by atoms with Crippen LogP contribution in [-0.2, 0) is 16.6 Å². The Bertz CT molecular complexity index is 527. The lowest BCUT2D eigenvalue weighted by Crippen LogP contribution is -2.40. The highest BCUT2D eigenvalue weighted by Crippen LogP contribution is 2.60. The van der Waals surface area contributed by atoms with E-state index in [2.05, 4.69) is 24.3 Å². The van der Waals surface area contributed by atoms with E-state index in [4.69, 9.17) is 0 Å². The zero-order valence-electron chi connectivity index (χ0n) is 12.3. The van der Waals surface area contributed by atoms with Crippen LogP contribution in [0.25, 0.3) is 0 Å². The summed E-state index contributed by atoms with van der Waals surface area (Å²) in [6.07, 6.45) is 4.43. The molecule has 3 atom stereocenters. The fourth-order valence-electron chi connectivity index (χ4n) is 3.74. The van der Waals surface area contributed by atoms with E-state index in [0.717, 1.165) is 19.3 Å². The summed E-state index contributed by atoms with van der Waals surface area (Å²) in [6, 6.07) is 8.50. The van der Waals surface area contributed by atoms with Crippen molar-refractivity contribution in [3.63, 3.8) is 0 Å². The molecule has 1 N–H and O–H groups in total. The van der Waals surface area contributed by atoms with Crippen molar-refractivity contribution in [2.45, 2.75) is 44.1 Å². The largest absolute Gasteiger partial charge is 0.394 e. The van der Waals surface area contributed by atoms with Crippen molar-refractivity contribution in [2.75, 3.05) is 13.7 Å². The summed E-state index contributed by atoms with van der Waals surface area (Å²) in [5.41, 5.74) is 2.91. The molecule has 0 heterocycles. The van der Waals surface area contributed by atoms with Crippen molar-refractivity contribution in [2.24, 2.45) is 5.92 Å². The highest BCUT2D eigenvalue weighted by Gasteiger charge is 2.60. The Morgan fingerprint density at radius 1 is 1.50 bits per heavy atom. The summed E-state index contributed by atoms with van der Waals surface area (Å²) in [5, 5.41) is 9.22. The molecule has 1 fully saturated rings. The van der Waals surface area contributed by atoms with E-state index in [1.54, 1.807) is 4.90 Å². The van der Waals surface area contributed by atoms with Crippen molar-refractivity contribution in [1.82, 2.24) is 4.90 Å². The normalized spacial score (nSPS) is 28.9. The fourth-order valence-corrected chi connectivity index (χ4v) is 3.74. The molecule has 108 valence electrons. The van der Waals surface area contributed by atoms with Gasteiger partial charge in [0, 0.05) is 18.4 Å². The van der Waals surface area contributed by atoms with Crippen LogP contribution in [0.5, 0.6) is 0 Å². The number of aliphatic hydroxyl groups is 1. The van der Waals surface area contributed by atoms with Gasteiger partial charge in [-0.05, 0) is 43.7 Å². The summed E-state index contributed by atoms with van der Waals surface area (Å²) < 4.78 is 0. The number of hydrogen-bond acceptors (Lipinski definition) is 2. The van der Waals surface area contributed by atoms with Gasteiger partial charge in [-0.25, -0.2) is 0 Å². The van der Waals surface area contributed by atoms with Crippen molar-refractivity contribution in [3.05, 3.63) is 35.4 Å². The number of fused-ring (bicyclic) bond motifs is 2. The summed E-state index contributed by atoms with van der Waals surface area (Å²) in [4.78, 5) is 14.3. The van der Waals surface area contributed by atoms with E-state index in [1.807, 2.05) is 14.0 Å². The van der Waals surface area contributed by atoms with Crippen molar-refractivity contribution in [1.29, 1.82) is 0 Å². The minimum atomic E-state index is -0.0982. The molecule has 0 aliphatic heterocycles. The van der Waals surface area contributed by atoms with E-state index in [1.165, 1.54) is 17.5 Å². The average Bonchev–Trinajstić information content (AvgIpc) is 3.20. The van der Waals surface area contributed by atoms with E-state index in [-0.39, 0.29) is 29.9 Å². The molecule has 3 heteroatoms. The van der Waals surface area contributed by atoms with Crippen LogP contribution in [0.15, 0.2) is 24.3 Å². The average molecular weight is 273 g/mol. The maximum atomic E-state index is 12.6. The number of amides is 1. The van der Waals surface area contributed by atoms with Crippen LogP contribution >= 0.6 is 0 Å². The third-order valence-electron chi connectivity index (χ3n) is 5.27. The smallest absolute Gasteiger partial charge is 0.226 e. The molecule has 20 heavy (non-hydrogen) atoms. The predicted molar refractivity (Wildman–Crippen MR) is 78.5 cm³/mol. The van der Waals surface area contributed by atoms with Crippen LogP contribution in [0.2, 0.25) is 0 Å². The molecule has 0 bridgehead atoms. The van der Waals surface area contributed by atoms with Gasteiger partial charge >= 0.3 is 0 Å². The Balaban J connectivity index is 1.83. The van der Waals surface area contributed by atoms with Gasteiger partial charge in [0.2, 0.25) is 5.91 Å². The van der Waals surface area contributed by atoms with E-state index >= 15 is 0 Å². The predicted octanol–water partition coefficient (Wildman–Crippen LogP) is 2.12. The lowest BCUT2D eigenvalue weighted by atomic mass is 9.78. The topological polar surface area (TPSA) is 40.5 Å². The van der Waals surface area contributed by atoms with E-state index in [0.29, 0.717) is 0 Å². The monoisotopic (exact) mass is 273 g/mol. The molecule has 0 saturated heterocycles. The molecule has 1 amide bonds. The van der Waals surface area contributed by atoms with Crippen LogP contribution in [0, 0.1) is 5.92 Å². The van der Waals surface area contributed by atoms with Crippen LogP contribution < -0.4 is 0 Å². The van der Waals surface area contributed by atoms with Crippen molar-refractivity contribution < 1.29 is 9.90 Å². The summed E-state index contributed by atoms with van der Waals surface area (Å²) in [7, 11) is 1.81. The molecular weight excluding hydrogens is 250 g/mol. The molecule has 0 aromatic heterocycles. The highest BCUT2D eigenvalue weighted by molar-refractivity contribution is 5.84. The number of benzene rings is 1. The summed E-state index contributed by atoms with van der Waals surface area (Å²) in [6.45, 7) is 1.92. The van der Waals surface area contributed by atoms with Crippen molar-refractivity contribution in [3.8, 4) is 0 Å². The standard InChI is InChI=1S/C17H23NO2/c1-12(11-19)18(2)16(20)15-10-17(15)9-5-7-13-6-3-4-8-14(13)17/h3-4,6,8,12,15,19H,5,7,9-11H2,1-2H3. The summed E-state index contributed by atoms with van der Waals surface area (Å²) >= 11 is 0. The lowest BCUT2D eigenvalue weighted by molar-refractivity contribution is -0.134. The quantitative estimate of drug-likeness (QED) is 0.916. The highest BCUT2D eigenvalue weighted by atomic mass is 16.3. The number of aryl methyl sites for hydroxylation is 1. The first-order valence-electron chi connectivity index (χ1n) is 7.56. The molecule has 1 saturated carbocycles. The van der Waals surface area contributed by atoms with Gasteiger partial charge in [-0.2, -0.15) is 0 Å². The molecule has 1 aromatic carbocycles. The van der Waals surface area contributed by atoms with Gasteiger partial charge in [0.25, 0.3) is 0 Å². The lowest BCUT2D eigenvalue weighted by Gasteiger charge is -2.29. The maximum Gasteiger partial charge on any atom is 0.226 e. The number of rotatable bonds is 3. The van der Waals surface area contributed by atoms with Gasteiger partial charge in [-0.15, -0.1) is 0 Å². The van der Waals surface area contributed by atoms with Gasteiger partial charge < -0.3 is 10.0 Å². The minimum absolute atomic E-state index is 0.0263. The second-order valence-corrected chi connectivity index (χ2v) is 6.40. The molecule has 2 aliphatic rings. The Morgan fingerprint density at radius 2 is 2.25 bits per heavy atom. The molecule has 2 aliphatic carbocycles. The fraction of sp³-hybridized carbons (Fsp3) is 0.588. The first-order valence-corrected chi connectivity index (χ1v) is 7.56. The van der Waals surface area contributed by atoms with Crippen LogP contribution in [-0.4, -0.2) is 35.6 Å². The molecule has 3 rings (SSSR count). The third kappa shape index (κ3) is 1.96. The van der Waals surface area contributed by atoms with Crippen LogP contribution in [0.1, 0.15) is 37.3 Å². The number of carbonyl (C=O) groups excluding carboxylic acids is 1. The molecular formula is C17H23NO2. The first-order chi connectivity index (χ1) is 9.60. The van der Waals surface area contributed by atoms with Gasteiger partial charge in [0.05, 0.1) is 12.6 Å². The Hall–Kier alpha value is -1.35. The number of likely N-dealkylation sites (N-methyl/N-ethyl adjacent to an activating group) is 1. The second kappa shape index (κ2) is 4.88. The van der Waals surface area contributed by atoms with Gasteiger partial charge in [-0.3, -0.25) is 4.79 Å². The summed E-state index contributed by atoms with van der Waals surface area (Å²) in [5.74, 6) is 0.311. The Labute approximate surface area is 120 Å². The Morgan fingerprint density at radius 3 is 3.00 bits per heavy atom. The second-order valence-electron chi connectivity index (χ2n) is 6.40. The molecule has 3 nitrogen and oxygen atoms in total. The number of nitrogens with zero attached hydrogens (tertiary/aromatic N) is 1. The SMILES string of the molecule is CC(CO)N(C)C(=O)C1CC12CCCc1ccccc12. The minimum Gasteiger partial charge on any atom is -0.394 e. The van der Waals surface area contributed by atoms with Gasteiger partial charge in [0.15, 0.2) is 0 Å². The molecule has 3 unspecified atom stereocenters. The number of aliphatic hydroxyl groups excluding tert-OH is 1. The molecule has 0 radical (unpaired) electrons. The van der Waals surface area contributed by atoms with E-state index < -0.39 is 0 Å². The van der Waals surface area contributed by atoms with Gasteiger partial charge in [-0.1, -0.05) is 24.3 Å². The molecule has 1 aromatic rings. The first kappa shape index (κ1) is 13.6. The van der Waals surface area contributed by atoms with E-state index in [9.17, 15) is 9.90 Å². The Kier molecular flexibility index (Phi) is 3.33. The van der Waals surface area contributed by atoms with Crippen LogP contribution in [0.3, 0.4) is 0 Å². The third-order valence-corrected chi connectivity index (χ3v) is 5.27. The van der Waals surface area contributed by atoms with Gasteiger partial charge in [0.1, 0.15) is 0 Å². The zero-order valence-corrected chi connectivity index (χ0v) is 12.3. The van der Waals surface area contributed by atoms with Crippen LogP contribution in [0.4, 0.5) is 0 Å². The number of carbonyl (C=O) groups is 1. The maximum absolute atomic E-state index is 12.6. The number of hydrogen-bond donors (Lipinski definition) is 1.